The van der Waals surface area contributed by atoms with Crippen LogP contribution in [-0.4, -0.2) is 14.7 Å². The highest BCUT2D eigenvalue weighted by molar-refractivity contribution is 5.16. The van der Waals surface area contributed by atoms with Gasteiger partial charge in [0.05, 0.1) is 12.0 Å². The van der Waals surface area contributed by atoms with E-state index < -0.39 is 5.60 Å². The van der Waals surface area contributed by atoms with Crippen LogP contribution in [0.3, 0.4) is 0 Å². The largest absolute Gasteiger partial charge is 0.383 e. The average Bonchev–Trinajstić information content (AvgIpc) is 2.31. The fraction of sp³-hybridized carbons (Fsp3) is 0.700. The van der Waals surface area contributed by atoms with E-state index in [0.29, 0.717) is 0 Å². The Morgan fingerprint density at radius 2 is 2.08 bits per heavy atom. The van der Waals surface area contributed by atoms with Gasteiger partial charge in [0.25, 0.3) is 0 Å². The molecule has 2 rings (SSSR count). The summed E-state index contributed by atoms with van der Waals surface area (Å²) >= 11 is 0. The van der Waals surface area contributed by atoms with Crippen molar-refractivity contribution >= 4 is 0 Å². The smallest absolute Gasteiger partial charge is 0.109 e. The van der Waals surface area contributed by atoms with E-state index in [2.05, 4.69) is 18.8 Å². The van der Waals surface area contributed by atoms with Crippen LogP contribution >= 0.6 is 0 Å². The van der Waals surface area contributed by atoms with Crippen molar-refractivity contribution in [3.8, 4) is 0 Å². The molecule has 1 aliphatic carbocycles. The molecule has 3 nitrogen and oxygen atoms in total. The van der Waals surface area contributed by atoms with Gasteiger partial charge in [-0.1, -0.05) is 13.8 Å². The second-order valence-corrected chi connectivity index (χ2v) is 4.97. The Hall–Kier alpha value is -0.830. The third-order valence-electron chi connectivity index (χ3n) is 2.72. The summed E-state index contributed by atoms with van der Waals surface area (Å²) in [5, 5.41) is 10.2. The highest BCUT2D eigenvalue weighted by Crippen LogP contribution is 2.52. The van der Waals surface area contributed by atoms with Gasteiger partial charge in [-0.25, -0.2) is 4.98 Å². The first-order chi connectivity index (χ1) is 5.91. The van der Waals surface area contributed by atoms with Crippen LogP contribution in [0, 0.1) is 5.41 Å². The summed E-state index contributed by atoms with van der Waals surface area (Å²) in [7, 11) is 1.92. The van der Waals surface area contributed by atoms with Crippen LogP contribution in [0.5, 0.6) is 0 Å². The molecule has 1 aromatic heterocycles. The summed E-state index contributed by atoms with van der Waals surface area (Å²) in [4.78, 5) is 4.19. The van der Waals surface area contributed by atoms with Crippen molar-refractivity contribution in [1.29, 1.82) is 0 Å². The van der Waals surface area contributed by atoms with Crippen molar-refractivity contribution in [3.63, 3.8) is 0 Å². The second kappa shape index (κ2) is 2.35. The van der Waals surface area contributed by atoms with Gasteiger partial charge in [0.1, 0.15) is 5.60 Å². The van der Waals surface area contributed by atoms with E-state index >= 15 is 0 Å². The number of aliphatic hydroxyl groups is 1. The first-order valence-electron chi connectivity index (χ1n) is 4.62. The van der Waals surface area contributed by atoms with Crippen molar-refractivity contribution in [2.45, 2.75) is 32.3 Å². The molecule has 1 saturated carbocycles. The normalized spacial score (nSPS) is 24.0. The molecule has 1 heterocycles. The molecule has 0 radical (unpaired) electrons. The fourth-order valence-electron chi connectivity index (χ4n) is 2.37. The predicted molar refractivity (Wildman–Crippen MR) is 50.1 cm³/mol. The third-order valence-corrected chi connectivity index (χ3v) is 2.72. The van der Waals surface area contributed by atoms with E-state index in [4.69, 9.17) is 0 Å². The summed E-state index contributed by atoms with van der Waals surface area (Å²) in [6.45, 7) is 4.34. The van der Waals surface area contributed by atoms with E-state index in [1.54, 1.807) is 6.33 Å². The van der Waals surface area contributed by atoms with Crippen LogP contribution < -0.4 is 0 Å². The zero-order valence-electron chi connectivity index (χ0n) is 8.41. The van der Waals surface area contributed by atoms with Crippen LogP contribution in [0.2, 0.25) is 0 Å². The van der Waals surface area contributed by atoms with Gasteiger partial charge in [-0.2, -0.15) is 0 Å². The Morgan fingerprint density at radius 3 is 2.46 bits per heavy atom. The molecule has 3 heteroatoms. The highest BCUT2D eigenvalue weighted by Gasteiger charge is 2.50. The van der Waals surface area contributed by atoms with Gasteiger partial charge in [-0.15, -0.1) is 0 Å². The number of hydrogen-bond acceptors (Lipinski definition) is 2. The zero-order chi connectivity index (χ0) is 9.69. The lowest BCUT2D eigenvalue weighted by Gasteiger charge is -2.48. The average molecular weight is 180 g/mol. The lowest BCUT2D eigenvalue weighted by atomic mass is 9.60. The Morgan fingerprint density at radius 1 is 1.46 bits per heavy atom. The summed E-state index contributed by atoms with van der Waals surface area (Å²) in [6, 6.07) is 0. The maximum Gasteiger partial charge on any atom is 0.109 e. The monoisotopic (exact) mass is 180 g/mol. The molecule has 0 aliphatic heterocycles. The minimum atomic E-state index is -0.662. The molecule has 0 atom stereocenters. The molecule has 0 saturated heterocycles. The molecule has 1 aliphatic rings. The lowest BCUT2D eigenvalue weighted by Crippen LogP contribution is -2.46. The molecular weight excluding hydrogens is 164 g/mol. The summed E-state index contributed by atoms with van der Waals surface area (Å²) in [5.41, 5.74) is 0.422. The van der Waals surface area contributed by atoms with Gasteiger partial charge in [-0.3, -0.25) is 0 Å². The van der Waals surface area contributed by atoms with E-state index in [1.807, 2.05) is 17.8 Å². The van der Waals surface area contributed by atoms with Gasteiger partial charge in [0, 0.05) is 13.2 Å². The minimum Gasteiger partial charge on any atom is -0.383 e. The molecule has 13 heavy (non-hydrogen) atoms. The highest BCUT2D eigenvalue weighted by atomic mass is 16.3. The molecule has 0 unspecified atom stereocenters. The van der Waals surface area contributed by atoms with Crippen molar-refractivity contribution < 1.29 is 5.11 Å². The summed E-state index contributed by atoms with van der Waals surface area (Å²) < 4.78 is 1.87. The quantitative estimate of drug-likeness (QED) is 0.710. The first kappa shape index (κ1) is 8.75. The van der Waals surface area contributed by atoms with E-state index in [1.165, 1.54) is 0 Å². The standard InChI is InChI=1S/C10H16N2O/c1-9(2)5-10(13,6-9)8-4-12(3)7-11-8/h4,7,13H,5-6H2,1-3H3. The number of nitrogens with zero attached hydrogens (tertiary/aromatic N) is 2. The molecule has 0 amide bonds. The predicted octanol–water partition coefficient (Wildman–Crippen LogP) is 1.43. The fourth-order valence-corrected chi connectivity index (χ4v) is 2.37. The number of aryl methyl sites for hydroxylation is 1. The molecule has 1 N–H and O–H groups in total. The van der Waals surface area contributed by atoms with Crippen LogP contribution in [0.4, 0.5) is 0 Å². The molecule has 1 aromatic rings. The zero-order valence-corrected chi connectivity index (χ0v) is 8.41. The van der Waals surface area contributed by atoms with Crippen LogP contribution in [0.15, 0.2) is 12.5 Å². The minimum absolute atomic E-state index is 0.270. The number of rotatable bonds is 1. The van der Waals surface area contributed by atoms with Crippen molar-refractivity contribution in [3.05, 3.63) is 18.2 Å². The van der Waals surface area contributed by atoms with Crippen LogP contribution in [-0.2, 0) is 12.6 Å². The Balaban J connectivity index is 2.20. The van der Waals surface area contributed by atoms with Crippen molar-refractivity contribution in [2.75, 3.05) is 0 Å². The number of imidazole rings is 1. The Labute approximate surface area is 78.4 Å². The van der Waals surface area contributed by atoms with E-state index in [9.17, 15) is 5.11 Å². The SMILES string of the molecule is Cn1cnc(C2(O)CC(C)(C)C2)c1. The molecule has 0 aromatic carbocycles. The van der Waals surface area contributed by atoms with Gasteiger partial charge in [0.2, 0.25) is 0 Å². The second-order valence-electron chi connectivity index (χ2n) is 4.97. The van der Waals surface area contributed by atoms with Crippen LogP contribution in [0.1, 0.15) is 32.4 Å². The molecule has 1 fully saturated rings. The van der Waals surface area contributed by atoms with E-state index in [0.717, 1.165) is 18.5 Å². The molecule has 72 valence electrons. The lowest BCUT2D eigenvalue weighted by molar-refractivity contribution is -0.122. The van der Waals surface area contributed by atoms with Crippen LogP contribution in [0.25, 0.3) is 0 Å². The Bertz CT molecular complexity index is 319. The number of aromatic nitrogens is 2. The summed E-state index contributed by atoms with van der Waals surface area (Å²) in [5.74, 6) is 0. The third kappa shape index (κ3) is 1.37. The van der Waals surface area contributed by atoms with Crippen molar-refractivity contribution in [2.24, 2.45) is 12.5 Å². The van der Waals surface area contributed by atoms with Gasteiger partial charge < -0.3 is 9.67 Å². The summed E-state index contributed by atoms with van der Waals surface area (Å²) in [6.07, 6.45) is 5.27. The molecule has 0 bridgehead atoms. The van der Waals surface area contributed by atoms with Gasteiger partial charge >= 0.3 is 0 Å². The molecule has 0 spiro atoms. The first-order valence-corrected chi connectivity index (χ1v) is 4.62. The topological polar surface area (TPSA) is 38.0 Å². The molecular formula is C10H16N2O. The maximum atomic E-state index is 10.2. The Kier molecular flexibility index (Phi) is 1.58. The van der Waals surface area contributed by atoms with Crippen molar-refractivity contribution in [1.82, 2.24) is 9.55 Å². The number of hydrogen-bond donors (Lipinski definition) is 1. The maximum absolute atomic E-state index is 10.2. The van der Waals surface area contributed by atoms with Gasteiger partial charge in [-0.05, 0) is 18.3 Å². The van der Waals surface area contributed by atoms with E-state index in [-0.39, 0.29) is 5.41 Å². The van der Waals surface area contributed by atoms with Gasteiger partial charge in [0.15, 0.2) is 0 Å².